The van der Waals surface area contributed by atoms with Gasteiger partial charge in [-0.3, -0.25) is 4.79 Å². The van der Waals surface area contributed by atoms with E-state index in [-0.39, 0.29) is 18.9 Å². The third-order valence-corrected chi connectivity index (χ3v) is 5.24. The molecule has 0 aliphatic heterocycles. The fourth-order valence-corrected chi connectivity index (χ4v) is 3.63. The Morgan fingerprint density at radius 2 is 2.00 bits per heavy atom. The quantitative estimate of drug-likeness (QED) is 0.247. The normalized spacial score (nSPS) is 11.8. The van der Waals surface area contributed by atoms with Gasteiger partial charge in [0, 0.05) is 24.4 Å². The Morgan fingerprint density at radius 1 is 1.18 bits per heavy atom. The zero-order valence-electron chi connectivity index (χ0n) is 18.3. The maximum absolute atomic E-state index is 12.9. The van der Waals surface area contributed by atoms with Crippen LogP contribution in [0.3, 0.4) is 0 Å². The predicted octanol–water partition coefficient (Wildman–Crippen LogP) is 1.68. The molecule has 9 heteroatoms. The summed E-state index contributed by atoms with van der Waals surface area (Å²) in [6.45, 7) is 1.93. The van der Waals surface area contributed by atoms with Gasteiger partial charge in [0.05, 0.1) is 12.2 Å². The van der Waals surface area contributed by atoms with Crippen molar-refractivity contribution in [2.24, 2.45) is 0 Å². The summed E-state index contributed by atoms with van der Waals surface area (Å²) in [5.74, 6) is 5.09. The summed E-state index contributed by atoms with van der Waals surface area (Å²) in [7, 11) is 0. The molecule has 5 aromatic rings. The molecule has 0 fully saturated rings. The van der Waals surface area contributed by atoms with Gasteiger partial charge < -0.3 is 15.0 Å². The number of rotatable bonds is 5. The lowest BCUT2D eigenvalue weighted by molar-refractivity contribution is -0.674. The Kier molecular flexibility index (Phi) is 5.62. The van der Waals surface area contributed by atoms with E-state index in [1.807, 2.05) is 30.3 Å². The van der Waals surface area contributed by atoms with Crippen molar-refractivity contribution >= 4 is 33.9 Å². The highest BCUT2D eigenvalue weighted by molar-refractivity contribution is 6.00. The summed E-state index contributed by atoms with van der Waals surface area (Å²) in [6, 6.07) is 12.3. The number of nitrogens with zero attached hydrogens (tertiary/aromatic N) is 5. The van der Waals surface area contributed by atoms with E-state index < -0.39 is 12.0 Å². The first kappa shape index (κ1) is 21.2. The van der Waals surface area contributed by atoms with Crippen LogP contribution in [-0.2, 0) is 9.53 Å². The minimum atomic E-state index is -0.898. The van der Waals surface area contributed by atoms with Crippen LogP contribution >= 0.6 is 0 Å². The molecule has 2 aromatic carbocycles. The molecule has 1 atom stereocenters. The van der Waals surface area contributed by atoms with E-state index in [0.717, 1.165) is 10.8 Å². The van der Waals surface area contributed by atoms with Gasteiger partial charge in [-0.2, -0.15) is 4.52 Å². The highest BCUT2D eigenvalue weighted by Gasteiger charge is 2.22. The van der Waals surface area contributed by atoms with Gasteiger partial charge in [-0.25, -0.2) is 9.78 Å². The van der Waals surface area contributed by atoms with Crippen molar-refractivity contribution in [3.63, 3.8) is 0 Å². The van der Waals surface area contributed by atoms with E-state index >= 15 is 0 Å². The van der Waals surface area contributed by atoms with E-state index in [0.29, 0.717) is 22.4 Å². The van der Waals surface area contributed by atoms with E-state index in [2.05, 4.69) is 32.2 Å². The standard InChI is InChI=1S/C25H20N6O3/c1-2-34-25(33)21(28-24(32)20-11-10-18-7-3-4-8-19(18)14-20)9-5-6-17-15-30-23-22(26-12-13-27-23)29-31(30)16-17/h3-4,7-8,10-16,21H,2,9H2,1H3,(H,28,32). The molecular weight excluding hydrogens is 432 g/mol. The molecule has 0 bridgehead atoms. The number of hydrogen-bond donors (Lipinski definition) is 1. The first-order valence-electron chi connectivity index (χ1n) is 10.8. The van der Waals surface area contributed by atoms with E-state index in [4.69, 9.17) is 4.74 Å². The zero-order valence-corrected chi connectivity index (χ0v) is 18.3. The number of fused-ring (bicyclic) bond motifs is 4. The Labute approximate surface area is 194 Å². The van der Waals surface area contributed by atoms with Crippen LogP contribution in [0.15, 0.2) is 67.3 Å². The molecule has 34 heavy (non-hydrogen) atoms. The highest BCUT2D eigenvalue weighted by Crippen LogP contribution is 2.16. The SMILES string of the molecule is CCOC(=O)C(CC#Cc1cn2c3nccnc3[n-][n+]2c1)NC(=O)c1ccc2ccccc2c1. The van der Waals surface area contributed by atoms with Crippen molar-refractivity contribution in [3.8, 4) is 11.8 Å². The lowest BCUT2D eigenvalue weighted by Crippen LogP contribution is -2.41. The van der Waals surface area contributed by atoms with Crippen LogP contribution in [0.5, 0.6) is 0 Å². The average molecular weight is 452 g/mol. The second-order valence-electron chi connectivity index (χ2n) is 7.53. The topological polar surface area (TPSA) is 104 Å². The molecule has 168 valence electrons. The van der Waals surface area contributed by atoms with Crippen molar-refractivity contribution in [1.29, 1.82) is 0 Å². The van der Waals surface area contributed by atoms with Gasteiger partial charge in [0.2, 0.25) is 6.20 Å². The van der Waals surface area contributed by atoms with Crippen LogP contribution in [-0.4, -0.2) is 39.0 Å². The second-order valence-corrected chi connectivity index (χ2v) is 7.53. The van der Waals surface area contributed by atoms with Crippen LogP contribution < -0.4 is 15.0 Å². The molecule has 0 aliphatic rings. The summed E-state index contributed by atoms with van der Waals surface area (Å²) >= 11 is 0. The van der Waals surface area contributed by atoms with Crippen molar-refractivity contribution in [1.82, 2.24) is 24.9 Å². The number of esters is 1. The van der Waals surface area contributed by atoms with Crippen molar-refractivity contribution in [3.05, 3.63) is 78.4 Å². The van der Waals surface area contributed by atoms with Gasteiger partial charge in [-0.15, -0.1) is 5.10 Å². The fourth-order valence-electron chi connectivity index (χ4n) is 3.63. The maximum Gasteiger partial charge on any atom is 0.329 e. The first-order chi connectivity index (χ1) is 16.6. The molecule has 0 aliphatic carbocycles. The number of nitrogens with one attached hydrogen (secondary N) is 1. The van der Waals surface area contributed by atoms with Crippen LogP contribution in [0.4, 0.5) is 0 Å². The van der Waals surface area contributed by atoms with Gasteiger partial charge in [-0.1, -0.05) is 46.8 Å². The molecule has 3 aromatic heterocycles. The molecule has 0 radical (unpaired) electrons. The molecular formula is C25H20N6O3. The Hall–Kier alpha value is -4.71. The molecule has 1 N–H and O–H groups in total. The number of carbonyl (C=O) groups is 2. The Bertz CT molecular complexity index is 1590. The van der Waals surface area contributed by atoms with Crippen molar-refractivity contribution in [2.45, 2.75) is 19.4 Å². The summed E-state index contributed by atoms with van der Waals surface area (Å²) < 4.78 is 8.47. The average Bonchev–Trinajstić information content (AvgIpc) is 3.40. The number of carbonyl (C=O) groups excluding carboxylic acids is 2. The first-order valence-corrected chi connectivity index (χ1v) is 10.8. The minimum absolute atomic E-state index is 0.0941. The molecule has 1 amide bonds. The van der Waals surface area contributed by atoms with Crippen LogP contribution in [0.25, 0.3) is 22.1 Å². The lowest BCUT2D eigenvalue weighted by Gasteiger charge is -2.15. The summed E-state index contributed by atoms with van der Waals surface area (Å²) in [5, 5.41) is 9.07. The molecule has 3 heterocycles. The van der Waals surface area contributed by atoms with Gasteiger partial charge in [0.1, 0.15) is 11.7 Å². The van der Waals surface area contributed by atoms with Crippen LogP contribution in [0, 0.1) is 11.8 Å². The number of amides is 1. The van der Waals surface area contributed by atoms with Gasteiger partial charge in [0.25, 0.3) is 5.91 Å². The molecule has 9 nitrogen and oxygen atoms in total. The highest BCUT2D eigenvalue weighted by atomic mass is 16.5. The maximum atomic E-state index is 12.9. The Balaban J connectivity index is 1.34. The number of ether oxygens (including phenoxy) is 1. The number of hydrogen-bond acceptors (Lipinski definition) is 5. The number of aromatic nitrogens is 5. The lowest BCUT2D eigenvalue weighted by atomic mass is 10.1. The number of benzene rings is 2. The van der Waals surface area contributed by atoms with E-state index in [9.17, 15) is 9.59 Å². The smallest absolute Gasteiger partial charge is 0.329 e. The largest absolute Gasteiger partial charge is 0.464 e. The molecule has 0 spiro atoms. The van der Waals surface area contributed by atoms with Gasteiger partial charge in [0.15, 0.2) is 5.65 Å². The van der Waals surface area contributed by atoms with Crippen molar-refractivity contribution < 1.29 is 19.0 Å². The van der Waals surface area contributed by atoms with Gasteiger partial charge in [-0.05, 0) is 36.0 Å². The minimum Gasteiger partial charge on any atom is -0.464 e. The van der Waals surface area contributed by atoms with Crippen LogP contribution in [0.2, 0.25) is 0 Å². The molecule has 5 rings (SSSR count). The third kappa shape index (κ3) is 4.17. The third-order valence-electron chi connectivity index (χ3n) is 5.24. The summed E-state index contributed by atoms with van der Waals surface area (Å²) in [4.78, 5) is 33.8. The zero-order chi connectivity index (χ0) is 23.5. The molecule has 1 unspecified atom stereocenters. The molecule has 0 saturated heterocycles. The fraction of sp³-hybridized carbons (Fsp3) is 0.160. The van der Waals surface area contributed by atoms with Crippen molar-refractivity contribution in [2.75, 3.05) is 6.61 Å². The second kappa shape index (κ2) is 9.03. The van der Waals surface area contributed by atoms with E-state index in [1.165, 1.54) is 0 Å². The monoisotopic (exact) mass is 452 g/mol. The predicted molar refractivity (Wildman–Crippen MR) is 123 cm³/mol. The molecule has 0 saturated carbocycles. The van der Waals surface area contributed by atoms with E-state index in [1.54, 1.807) is 53.0 Å². The Morgan fingerprint density at radius 3 is 2.85 bits per heavy atom. The van der Waals surface area contributed by atoms with Gasteiger partial charge >= 0.3 is 5.97 Å². The summed E-state index contributed by atoms with van der Waals surface area (Å²) in [6.07, 6.45) is 6.79. The van der Waals surface area contributed by atoms with Crippen LogP contribution in [0.1, 0.15) is 29.3 Å². The summed E-state index contributed by atoms with van der Waals surface area (Å²) in [5.41, 5.74) is 2.29.